The Morgan fingerprint density at radius 1 is 1.35 bits per heavy atom. The molecule has 1 unspecified atom stereocenters. The summed E-state index contributed by atoms with van der Waals surface area (Å²) in [6.07, 6.45) is 8.01. The van der Waals surface area contributed by atoms with Gasteiger partial charge in [0, 0.05) is 50.1 Å². The Bertz CT molecular complexity index is 658. The molecule has 1 aliphatic rings. The van der Waals surface area contributed by atoms with Gasteiger partial charge in [-0.3, -0.25) is 4.98 Å². The van der Waals surface area contributed by atoms with Crippen LogP contribution in [0.15, 0.2) is 18.5 Å². The lowest BCUT2D eigenvalue weighted by Crippen LogP contribution is -2.21. The summed E-state index contributed by atoms with van der Waals surface area (Å²) < 4.78 is 7.58. The second-order valence-corrected chi connectivity index (χ2v) is 7.07. The van der Waals surface area contributed by atoms with E-state index >= 15 is 0 Å². The van der Waals surface area contributed by atoms with Gasteiger partial charge < -0.3 is 14.6 Å². The quantitative estimate of drug-likeness (QED) is 0.748. The van der Waals surface area contributed by atoms with Crippen LogP contribution in [0.25, 0.3) is 10.9 Å². The van der Waals surface area contributed by atoms with Gasteiger partial charge in [-0.25, -0.2) is 0 Å². The van der Waals surface area contributed by atoms with Gasteiger partial charge in [0.15, 0.2) is 0 Å². The van der Waals surface area contributed by atoms with Crippen LogP contribution < -0.4 is 5.32 Å². The maximum Gasteiger partial charge on any atom is 0.0591 e. The number of pyridine rings is 1. The summed E-state index contributed by atoms with van der Waals surface area (Å²) in [6, 6.07) is 3.28. The zero-order valence-electron chi connectivity index (χ0n) is 14.8. The van der Waals surface area contributed by atoms with E-state index in [2.05, 4.69) is 49.1 Å². The summed E-state index contributed by atoms with van der Waals surface area (Å²) in [5.41, 5.74) is 3.84. The Labute approximate surface area is 139 Å². The van der Waals surface area contributed by atoms with Crippen LogP contribution in [0.1, 0.15) is 63.3 Å². The van der Waals surface area contributed by atoms with Crippen molar-refractivity contribution in [3.05, 3.63) is 29.7 Å². The minimum absolute atomic E-state index is 0.316. The Morgan fingerprint density at radius 3 is 2.78 bits per heavy atom. The van der Waals surface area contributed by atoms with E-state index in [1.807, 2.05) is 0 Å². The molecule has 0 aromatic carbocycles. The Hall–Kier alpha value is -1.39. The molecule has 1 aliphatic carbocycles. The topological polar surface area (TPSA) is 39.1 Å². The number of nitrogens with zero attached hydrogens (tertiary/aromatic N) is 2. The summed E-state index contributed by atoms with van der Waals surface area (Å²) in [5.74, 6) is 0.510. The third-order valence-electron chi connectivity index (χ3n) is 4.69. The molecular formula is C19H29N3O. The van der Waals surface area contributed by atoms with Crippen molar-refractivity contribution < 1.29 is 4.74 Å². The molecule has 3 rings (SSSR count). The van der Waals surface area contributed by atoms with Crippen molar-refractivity contribution in [3.8, 4) is 0 Å². The molecule has 23 heavy (non-hydrogen) atoms. The maximum atomic E-state index is 5.21. The van der Waals surface area contributed by atoms with Crippen LogP contribution in [-0.2, 0) is 11.3 Å². The number of methoxy groups -OCH3 is 1. The molecule has 1 saturated carbocycles. The van der Waals surface area contributed by atoms with Crippen molar-refractivity contribution in [3.63, 3.8) is 0 Å². The van der Waals surface area contributed by atoms with Gasteiger partial charge in [-0.15, -0.1) is 0 Å². The number of aryl methyl sites for hydroxylation is 1. The van der Waals surface area contributed by atoms with E-state index < -0.39 is 0 Å². The zero-order chi connectivity index (χ0) is 16.4. The second kappa shape index (κ2) is 7.02. The van der Waals surface area contributed by atoms with E-state index in [-0.39, 0.29) is 0 Å². The molecule has 0 aliphatic heterocycles. The first kappa shape index (κ1) is 16.5. The van der Waals surface area contributed by atoms with E-state index in [4.69, 9.17) is 9.72 Å². The summed E-state index contributed by atoms with van der Waals surface area (Å²) in [7, 11) is 1.76. The van der Waals surface area contributed by atoms with Crippen molar-refractivity contribution in [2.24, 2.45) is 0 Å². The monoisotopic (exact) mass is 315 g/mol. The molecule has 4 heteroatoms. The number of hydrogen-bond acceptors (Lipinski definition) is 3. The minimum Gasteiger partial charge on any atom is -0.385 e. The molecule has 2 heterocycles. The van der Waals surface area contributed by atoms with Crippen LogP contribution >= 0.6 is 0 Å². The molecule has 0 radical (unpaired) electrons. The number of aromatic nitrogens is 2. The summed E-state index contributed by atoms with van der Waals surface area (Å²) in [4.78, 5) is 4.74. The lowest BCUT2D eigenvalue weighted by Gasteiger charge is -2.13. The van der Waals surface area contributed by atoms with Crippen molar-refractivity contribution >= 4 is 10.9 Å². The Balaban J connectivity index is 1.91. The number of hydrogen-bond donors (Lipinski definition) is 1. The van der Waals surface area contributed by atoms with Crippen molar-refractivity contribution in [2.45, 2.75) is 64.6 Å². The molecule has 2 aromatic heterocycles. The number of ether oxygens (including phenoxy) is 1. The van der Waals surface area contributed by atoms with Crippen LogP contribution in [0, 0.1) is 0 Å². The second-order valence-electron chi connectivity index (χ2n) is 7.07. The van der Waals surface area contributed by atoms with E-state index in [0.717, 1.165) is 25.3 Å². The van der Waals surface area contributed by atoms with Gasteiger partial charge in [0.2, 0.25) is 0 Å². The number of rotatable bonds is 8. The van der Waals surface area contributed by atoms with Crippen LogP contribution in [0.3, 0.4) is 0 Å². The molecule has 2 aromatic rings. The highest BCUT2D eigenvalue weighted by Gasteiger charge is 2.24. The first-order chi connectivity index (χ1) is 11.1. The fourth-order valence-corrected chi connectivity index (χ4v) is 3.18. The number of fused-ring (bicyclic) bond motifs is 1. The maximum absolute atomic E-state index is 5.21. The molecule has 0 saturated heterocycles. The highest BCUT2D eigenvalue weighted by molar-refractivity contribution is 5.84. The van der Waals surface area contributed by atoms with Gasteiger partial charge in [0.25, 0.3) is 0 Å². The lowest BCUT2D eigenvalue weighted by molar-refractivity contribution is 0.190. The van der Waals surface area contributed by atoms with E-state index in [1.54, 1.807) is 7.11 Å². The van der Waals surface area contributed by atoms with E-state index in [0.29, 0.717) is 18.0 Å². The number of nitrogens with one attached hydrogen (secondary N) is 1. The van der Waals surface area contributed by atoms with Gasteiger partial charge >= 0.3 is 0 Å². The van der Waals surface area contributed by atoms with Crippen molar-refractivity contribution in [2.75, 3.05) is 13.7 Å². The first-order valence-electron chi connectivity index (χ1n) is 8.83. The zero-order valence-corrected chi connectivity index (χ0v) is 14.8. The molecule has 126 valence electrons. The Morgan fingerprint density at radius 2 is 2.13 bits per heavy atom. The summed E-state index contributed by atoms with van der Waals surface area (Å²) in [5, 5.41) is 4.94. The molecule has 0 amide bonds. The average molecular weight is 315 g/mol. The summed E-state index contributed by atoms with van der Waals surface area (Å²) in [6.45, 7) is 8.51. The van der Waals surface area contributed by atoms with Crippen LogP contribution in [0.2, 0.25) is 0 Å². The predicted molar refractivity (Wildman–Crippen MR) is 94.9 cm³/mol. The van der Waals surface area contributed by atoms with Gasteiger partial charge in [0.05, 0.1) is 11.2 Å². The molecule has 1 atom stereocenters. The Kier molecular flexibility index (Phi) is 5.02. The SMILES string of the molecule is COCCCn1cc(C(C)C)c2cnc(C(C)NC3CC3)cc21. The average Bonchev–Trinajstić information content (AvgIpc) is 3.26. The highest BCUT2D eigenvalue weighted by Crippen LogP contribution is 2.30. The fourth-order valence-electron chi connectivity index (χ4n) is 3.18. The smallest absolute Gasteiger partial charge is 0.0591 e. The molecular weight excluding hydrogens is 286 g/mol. The van der Waals surface area contributed by atoms with Crippen LogP contribution in [0.4, 0.5) is 0 Å². The van der Waals surface area contributed by atoms with E-state index in [1.165, 1.54) is 29.3 Å². The largest absolute Gasteiger partial charge is 0.385 e. The minimum atomic E-state index is 0.316. The molecule has 4 nitrogen and oxygen atoms in total. The molecule has 0 bridgehead atoms. The first-order valence-corrected chi connectivity index (χ1v) is 8.83. The fraction of sp³-hybridized carbons (Fsp3) is 0.632. The van der Waals surface area contributed by atoms with Gasteiger partial charge in [-0.2, -0.15) is 0 Å². The molecule has 1 fully saturated rings. The summed E-state index contributed by atoms with van der Waals surface area (Å²) >= 11 is 0. The van der Waals surface area contributed by atoms with Crippen molar-refractivity contribution in [1.82, 2.24) is 14.9 Å². The van der Waals surface area contributed by atoms with Gasteiger partial charge in [-0.1, -0.05) is 13.8 Å². The van der Waals surface area contributed by atoms with Crippen molar-refractivity contribution in [1.29, 1.82) is 0 Å². The molecule has 0 spiro atoms. The predicted octanol–water partition coefficient (Wildman–Crippen LogP) is 4.01. The van der Waals surface area contributed by atoms with Gasteiger partial charge in [-0.05, 0) is 43.7 Å². The van der Waals surface area contributed by atoms with Crippen LogP contribution in [-0.4, -0.2) is 29.3 Å². The molecule has 1 N–H and O–H groups in total. The van der Waals surface area contributed by atoms with Crippen LogP contribution in [0.5, 0.6) is 0 Å². The third-order valence-corrected chi connectivity index (χ3v) is 4.69. The third kappa shape index (κ3) is 3.75. The lowest BCUT2D eigenvalue weighted by atomic mass is 10.0. The standard InChI is InChI=1S/C19H29N3O/c1-13(2)17-12-22(8-5-9-23-4)19-10-18(20-11-16(17)19)14(3)21-15-6-7-15/h10-15,21H,5-9H2,1-4H3. The normalized spacial score (nSPS) is 16.4. The van der Waals surface area contributed by atoms with E-state index in [9.17, 15) is 0 Å². The van der Waals surface area contributed by atoms with Gasteiger partial charge in [0.1, 0.15) is 0 Å². The highest BCUT2D eigenvalue weighted by atomic mass is 16.5.